The molecule has 2 amide bonds. The average Bonchev–Trinajstić information content (AvgIpc) is 2.65. The molecule has 5 heteroatoms. The minimum atomic E-state index is -0.309. The molecular weight excluding hydrogens is 244 g/mol. The first-order chi connectivity index (χ1) is 9.09. The fourth-order valence-corrected chi connectivity index (χ4v) is 2.98. The van der Waals surface area contributed by atoms with Crippen molar-refractivity contribution in [1.82, 2.24) is 4.90 Å². The van der Waals surface area contributed by atoms with Gasteiger partial charge in [0.1, 0.15) is 0 Å². The SMILES string of the molecule is Nc1cccc2c1C(=O)N(C1CCC(O)CC1)C2=O. The zero-order chi connectivity index (χ0) is 13.6. The van der Waals surface area contributed by atoms with E-state index in [1.54, 1.807) is 18.2 Å². The Balaban J connectivity index is 1.92. The number of aliphatic hydroxyl groups is 1. The van der Waals surface area contributed by atoms with Crippen LogP contribution in [0.5, 0.6) is 0 Å². The minimum absolute atomic E-state index is 0.116. The Morgan fingerprint density at radius 2 is 1.79 bits per heavy atom. The van der Waals surface area contributed by atoms with Crippen molar-refractivity contribution in [1.29, 1.82) is 0 Å². The first-order valence-electron chi connectivity index (χ1n) is 6.54. The van der Waals surface area contributed by atoms with Gasteiger partial charge in [-0.2, -0.15) is 0 Å². The molecule has 5 nitrogen and oxygen atoms in total. The summed E-state index contributed by atoms with van der Waals surface area (Å²) in [5, 5.41) is 9.51. The molecule has 100 valence electrons. The molecule has 0 spiro atoms. The van der Waals surface area contributed by atoms with Gasteiger partial charge >= 0.3 is 0 Å². The fraction of sp³-hybridized carbons (Fsp3) is 0.429. The van der Waals surface area contributed by atoms with Crippen molar-refractivity contribution in [2.24, 2.45) is 0 Å². The minimum Gasteiger partial charge on any atom is -0.398 e. The Morgan fingerprint density at radius 3 is 2.42 bits per heavy atom. The quantitative estimate of drug-likeness (QED) is 0.586. The summed E-state index contributed by atoms with van der Waals surface area (Å²) in [7, 11) is 0. The summed E-state index contributed by atoms with van der Waals surface area (Å²) in [4.78, 5) is 26.0. The van der Waals surface area contributed by atoms with Crippen LogP contribution in [-0.4, -0.2) is 34.0 Å². The zero-order valence-electron chi connectivity index (χ0n) is 10.5. The van der Waals surface area contributed by atoms with Crippen LogP contribution >= 0.6 is 0 Å². The lowest BCUT2D eigenvalue weighted by molar-refractivity contribution is 0.0450. The van der Waals surface area contributed by atoms with E-state index in [9.17, 15) is 14.7 Å². The smallest absolute Gasteiger partial charge is 0.263 e. The number of aliphatic hydroxyl groups excluding tert-OH is 1. The molecular formula is C14H16N2O3. The fourth-order valence-electron chi connectivity index (χ4n) is 2.98. The van der Waals surface area contributed by atoms with Crippen molar-refractivity contribution in [3.63, 3.8) is 0 Å². The number of carbonyl (C=O) groups is 2. The summed E-state index contributed by atoms with van der Waals surface area (Å²) in [6, 6.07) is 4.85. The van der Waals surface area contributed by atoms with Crippen LogP contribution < -0.4 is 5.73 Å². The maximum Gasteiger partial charge on any atom is 0.263 e. The molecule has 0 atom stereocenters. The molecule has 1 aliphatic carbocycles. The number of nitrogen functional groups attached to an aromatic ring is 1. The lowest BCUT2D eigenvalue weighted by atomic mass is 9.92. The van der Waals surface area contributed by atoms with Crippen LogP contribution in [0, 0.1) is 0 Å². The molecule has 1 fully saturated rings. The summed E-state index contributed by atoms with van der Waals surface area (Å²) in [5.41, 5.74) is 6.89. The van der Waals surface area contributed by atoms with E-state index >= 15 is 0 Å². The van der Waals surface area contributed by atoms with Gasteiger partial charge in [-0.15, -0.1) is 0 Å². The highest BCUT2D eigenvalue weighted by Crippen LogP contribution is 2.33. The van der Waals surface area contributed by atoms with Crippen LogP contribution in [-0.2, 0) is 0 Å². The van der Waals surface area contributed by atoms with Gasteiger partial charge in [-0.1, -0.05) is 6.07 Å². The number of fused-ring (bicyclic) bond motifs is 1. The third-order valence-electron chi connectivity index (χ3n) is 4.01. The van der Waals surface area contributed by atoms with E-state index in [0.717, 1.165) is 0 Å². The van der Waals surface area contributed by atoms with Gasteiger partial charge in [-0.3, -0.25) is 14.5 Å². The standard InChI is InChI=1S/C14H16N2O3/c15-11-3-1-2-10-12(11)14(19)16(13(10)18)8-4-6-9(17)7-5-8/h1-3,8-9,17H,4-7,15H2. The number of imide groups is 1. The van der Waals surface area contributed by atoms with E-state index in [0.29, 0.717) is 42.5 Å². The van der Waals surface area contributed by atoms with Crippen LogP contribution in [0.2, 0.25) is 0 Å². The Labute approximate surface area is 111 Å². The third kappa shape index (κ3) is 1.81. The van der Waals surface area contributed by atoms with E-state index < -0.39 is 0 Å². The number of hydrogen-bond donors (Lipinski definition) is 2. The van der Waals surface area contributed by atoms with Crippen LogP contribution in [0.15, 0.2) is 18.2 Å². The van der Waals surface area contributed by atoms with Crippen molar-refractivity contribution in [3.05, 3.63) is 29.3 Å². The van der Waals surface area contributed by atoms with Crippen molar-refractivity contribution in [2.45, 2.75) is 37.8 Å². The van der Waals surface area contributed by atoms with E-state index in [1.165, 1.54) is 4.90 Å². The van der Waals surface area contributed by atoms with E-state index in [2.05, 4.69) is 0 Å². The molecule has 1 aromatic rings. The summed E-state index contributed by atoms with van der Waals surface area (Å²) < 4.78 is 0. The Bertz CT molecular complexity index is 548. The molecule has 1 aliphatic heterocycles. The van der Waals surface area contributed by atoms with Gasteiger partial charge in [0.25, 0.3) is 11.8 Å². The Morgan fingerprint density at radius 1 is 1.11 bits per heavy atom. The molecule has 19 heavy (non-hydrogen) atoms. The molecule has 0 unspecified atom stereocenters. The van der Waals surface area contributed by atoms with Gasteiger partial charge in [0.05, 0.1) is 17.2 Å². The highest BCUT2D eigenvalue weighted by Gasteiger charge is 2.41. The number of nitrogens with zero attached hydrogens (tertiary/aromatic N) is 1. The predicted molar refractivity (Wildman–Crippen MR) is 69.6 cm³/mol. The number of anilines is 1. The highest BCUT2D eigenvalue weighted by molar-refractivity contribution is 6.23. The molecule has 0 saturated heterocycles. The number of carbonyl (C=O) groups excluding carboxylic acids is 2. The maximum absolute atomic E-state index is 12.4. The van der Waals surface area contributed by atoms with Crippen LogP contribution in [0.3, 0.4) is 0 Å². The van der Waals surface area contributed by atoms with Gasteiger partial charge < -0.3 is 10.8 Å². The van der Waals surface area contributed by atoms with Crippen LogP contribution in [0.25, 0.3) is 0 Å². The summed E-state index contributed by atoms with van der Waals surface area (Å²) in [6.07, 6.45) is 2.27. The van der Waals surface area contributed by atoms with Gasteiger partial charge in [0.2, 0.25) is 0 Å². The zero-order valence-corrected chi connectivity index (χ0v) is 10.5. The molecule has 1 heterocycles. The summed E-state index contributed by atoms with van der Waals surface area (Å²) in [6.45, 7) is 0. The number of benzene rings is 1. The van der Waals surface area contributed by atoms with Gasteiger partial charge in [0, 0.05) is 11.7 Å². The molecule has 3 N–H and O–H groups in total. The predicted octanol–water partition coefficient (Wildman–Crippen LogP) is 1.17. The molecule has 3 rings (SSSR count). The van der Waals surface area contributed by atoms with Crippen molar-refractivity contribution < 1.29 is 14.7 Å². The molecule has 0 aromatic heterocycles. The Hall–Kier alpha value is -1.88. The molecule has 0 radical (unpaired) electrons. The van der Waals surface area contributed by atoms with Crippen molar-refractivity contribution in [2.75, 3.05) is 5.73 Å². The average molecular weight is 260 g/mol. The molecule has 1 saturated carbocycles. The second kappa shape index (κ2) is 4.35. The topological polar surface area (TPSA) is 83.6 Å². The Kier molecular flexibility index (Phi) is 2.78. The normalized spacial score (nSPS) is 26.7. The number of rotatable bonds is 1. The third-order valence-corrected chi connectivity index (χ3v) is 4.01. The highest BCUT2D eigenvalue weighted by atomic mass is 16.3. The largest absolute Gasteiger partial charge is 0.398 e. The van der Waals surface area contributed by atoms with E-state index in [1.807, 2.05) is 0 Å². The van der Waals surface area contributed by atoms with Crippen molar-refractivity contribution in [3.8, 4) is 0 Å². The number of hydrogen-bond acceptors (Lipinski definition) is 4. The molecule has 0 bridgehead atoms. The summed E-state index contributed by atoms with van der Waals surface area (Å²) >= 11 is 0. The second-order valence-electron chi connectivity index (χ2n) is 5.21. The lowest BCUT2D eigenvalue weighted by Gasteiger charge is -2.31. The maximum atomic E-state index is 12.4. The monoisotopic (exact) mass is 260 g/mol. The first kappa shape index (κ1) is 12.2. The van der Waals surface area contributed by atoms with Gasteiger partial charge in [-0.05, 0) is 37.8 Å². The van der Waals surface area contributed by atoms with E-state index in [4.69, 9.17) is 5.73 Å². The second-order valence-corrected chi connectivity index (χ2v) is 5.21. The van der Waals surface area contributed by atoms with Gasteiger partial charge in [0.15, 0.2) is 0 Å². The van der Waals surface area contributed by atoms with Crippen LogP contribution in [0.1, 0.15) is 46.4 Å². The molecule has 2 aliphatic rings. The van der Waals surface area contributed by atoms with E-state index in [-0.39, 0.29) is 24.0 Å². The summed E-state index contributed by atoms with van der Waals surface area (Å²) in [5.74, 6) is -0.548. The molecule has 1 aromatic carbocycles. The van der Waals surface area contributed by atoms with Crippen molar-refractivity contribution >= 4 is 17.5 Å². The van der Waals surface area contributed by atoms with Crippen LogP contribution in [0.4, 0.5) is 5.69 Å². The number of nitrogens with two attached hydrogens (primary N) is 1. The first-order valence-corrected chi connectivity index (χ1v) is 6.54. The van der Waals surface area contributed by atoms with Gasteiger partial charge in [-0.25, -0.2) is 0 Å². The lowest BCUT2D eigenvalue weighted by Crippen LogP contribution is -2.42. The number of amides is 2.